The van der Waals surface area contributed by atoms with Crippen LogP contribution in [0.2, 0.25) is 0 Å². The van der Waals surface area contributed by atoms with Crippen LogP contribution in [0.3, 0.4) is 0 Å². The maximum Gasteiger partial charge on any atom is 0.138 e. The van der Waals surface area contributed by atoms with Crippen LogP contribution in [0, 0.1) is 0 Å². The maximum atomic E-state index is 6.01. The summed E-state index contributed by atoms with van der Waals surface area (Å²) < 4.78 is 6.01. The number of pyridine rings is 1. The molecule has 1 heterocycles. The monoisotopic (exact) mass is 299 g/mol. The van der Waals surface area contributed by atoms with E-state index in [0.717, 1.165) is 27.8 Å². The Balaban J connectivity index is 2.06. The standard InChI is InChI=1S/C21H17NO/c1-2-23-21-18-11-5-6-13-20(18)22-14-19(21)17-12-7-9-15-8-3-4-10-16(15)17/h3-14H,2H2,1H3. The van der Waals surface area contributed by atoms with Crippen LogP contribution in [0.1, 0.15) is 6.92 Å². The lowest BCUT2D eigenvalue weighted by atomic mass is 9.97. The average Bonchev–Trinajstić information content (AvgIpc) is 2.62. The van der Waals surface area contributed by atoms with E-state index in [1.165, 1.54) is 10.8 Å². The van der Waals surface area contributed by atoms with Crippen molar-refractivity contribution in [2.75, 3.05) is 6.61 Å². The van der Waals surface area contributed by atoms with Crippen molar-refractivity contribution in [2.45, 2.75) is 6.92 Å². The molecule has 0 saturated carbocycles. The lowest BCUT2D eigenvalue weighted by Crippen LogP contribution is -1.97. The first-order chi connectivity index (χ1) is 11.4. The number of rotatable bonds is 3. The van der Waals surface area contributed by atoms with Crippen molar-refractivity contribution in [3.8, 4) is 16.9 Å². The molecule has 112 valence electrons. The molecular weight excluding hydrogens is 282 g/mol. The Hall–Kier alpha value is -2.87. The van der Waals surface area contributed by atoms with Crippen molar-refractivity contribution in [3.63, 3.8) is 0 Å². The number of hydrogen-bond donors (Lipinski definition) is 0. The van der Waals surface area contributed by atoms with Gasteiger partial charge in [-0.25, -0.2) is 0 Å². The van der Waals surface area contributed by atoms with Crippen molar-refractivity contribution in [1.82, 2.24) is 4.98 Å². The summed E-state index contributed by atoms with van der Waals surface area (Å²) in [6, 6.07) is 22.9. The first-order valence-corrected chi connectivity index (χ1v) is 7.87. The minimum Gasteiger partial charge on any atom is -0.492 e. The molecule has 4 aromatic rings. The molecule has 0 fully saturated rings. The first-order valence-electron chi connectivity index (χ1n) is 7.87. The van der Waals surface area contributed by atoms with Crippen molar-refractivity contribution >= 4 is 21.7 Å². The van der Waals surface area contributed by atoms with Gasteiger partial charge in [-0.05, 0) is 35.4 Å². The van der Waals surface area contributed by atoms with Crippen molar-refractivity contribution in [2.24, 2.45) is 0 Å². The van der Waals surface area contributed by atoms with Crippen molar-refractivity contribution in [3.05, 3.63) is 72.9 Å². The fraction of sp³-hybridized carbons (Fsp3) is 0.0952. The number of ether oxygens (including phenoxy) is 1. The van der Waals surface area contributed by atoms with Crippen LogP contribution in [0.15, 0.2) is 72.9 Å². The van der Waals surface area contributed by atoms with E-state index in [-0.39, 0.29) is 0 Å². The predicted octanol–water partition coefficient (Wildman–Crippen LogP) is 5.45. The van der Waals surface area contributed by atoms with E-state index in [1.54, 1.807) is 0 Å². The zero-order chi connectivity index (χ0) is 15.6. The molecule has 4 rings (SSSR count). The maximum absolute atomic E-state index is 6.01. The molecule has 0 radical (unpaired) electrons. The molecule has 0 bridgehead atoms. The first kappa shape index (κ1) is 13.8. The molecule has 0 spiro atoms. The largest absolute Gasteiger partial charge is 0.492 e. The number of hydrogen-bond acceptors (Lipinski definition) is 2. The van der Waals surface area contributed by atoms with Crippen LogP contribution >= 0.6 is 0 Å². The van der Waals surface area contributed by atoms with Gasteiger partial charge in [0.1, 0.15) is 5.75 Å². The Bertz CT molecular complexity index is 986. The van der Waals surface area contributed by atoms with Gasteiger partial charge >= 0.3 is 0 Å². The van der Waals surface area contributed by atoms with Crippen LogP contribution in [-0.2, 0) is 0 Å². The normalized spacial score (nSPS) is 11.0. The molecule has 0 atom stereocenters. The average molecular weight is 299 g/mol. The molecule has 2 heteroatoms. The van der Waals surface area contributed by atoms with E-state index in [4.69, 9.17) is 4.74 Å². The van der Waals surface area contributed by atoms with Gasteiger partial charge in [-0.3, -0.25) is 4.98 Å². The summed E-state index contributed by atoms with van der Waals surface area (Å²) >= 11 is 0. The summed E-state index contributed by atoms with van der Waals surface area (Å²) in [5, 5.41) is 3.49. The smallest absolute Gasteiger partial charge is 0.138 e. The van der Waals surface area contributed by atoms with E-state index >= 15 is 0 Å². The van der Waals surface area contributed by atoms with Gasteiger partial charge in [0.25, 0.3) is 0 Å². The number of aromatic nitrogens is 1. The van der Waals surface area contributed by atoms with Crippen LogP contribution in [0.5, 0.6) is 5.75 Å². The van der Waals surface area contributed by atoms with Gasteiger partial charge in [0.15, 0.2) is 0 Å². The Labute approximate surface area is 135 Å². The lowest BCUT2D eigenvalue weighted by Gasteiger charge is -2.14. The van der Waals surface area contributed by atoms with Gasteiger partial charge < -0.3 is 4.74 Å². The molecule has 23 heavy (non-hydrogen) atoms. The molecule has 0 aliphatic rings. The van der Waals surface area contributed by atoms with Gasteiger partial charge in [-0.15, -0.1) is 0 Å². The van der Waals surface area contributed by atoms with Crippen LogP contribution < -0.4 is 4.74 Å². The predicted molar refractivity (Wildman–Crippen MR) is 95.9 cm³/mol. The highest BCUT2D eigenvalue weighted by Gasteiger charge is 2.13. The third-order valence-corrected chi connectivity index (χ3v) is 4.09. The highest BCUT2D eigenvalue weighted by Crippen LogP contribution is 2.38. The fourth-order valence-corrected chi connectivity index (χ4v) is 3.07. The van der Waals surface area contributed by atoms with E-state index in [0.29, 0.717) is 6.61 Å². The zero-order valence-electron chi connectivity index (χ0n) is 13.0. The second-order valence-electron chi connectivity index (χ2n) is 5.48. The third-order valence-electron chi connectivity index (χ3n) is 4.09. The van der Waals surface area contributed by atoms with Gasteiger partial charge in [-0.2, -0.15) is 0 Å². The summed E-state index contributed by atoms with van der Waals surface area (Å²) in [7, 11) is 0. The summed E-state index contributed by atoms with van der Waals surface area (Å²) in [4.78, 5) is 4.63. The van der Waals surface area contributed by atoms with Crippen molar-refractivity contribution < 1.29 is 4.74 Å². The van der Waals surface area contributed by atoms with Gasteiger partial charge in [0.2, 0.25) is 0 Å². The molecule has 3 aromatic carbocycles. The molecule has 0 N–H and O–H groups in total. The van der Waals surface area contributed by atoms with Crippen molar-refractivity contribution in [1.29, 1.82) is 0 Å². The number of fused-ring (bicyclic) bond motifs is 2. The summed E-state index contributed by atoms with van der Waals surface area (Å²) in [5.74, 6) is 0.912. The van der Waals surface area contributed by atoms with Gasteiger partial charge in [-0.1, -0.05) is 54.6 Å². The number of para-hydroxylation sites is 1. The summed E-state index contributed by atoms with van der Waals surface area (Å²) in [6.07, 6.45) is 1.93. The summed E-state index contributed by atoms with van der Waals surface area (Å²) in [5.41, 5.74) is 3.16. The molecule has 2 nitrogen and oxygen atoms in total. The molecule has 0 aliphatic carbocycles. The second-order valence-corrected chi connectivity index (χ2v) is 5.48. The topological polar surface area (TPSA) is 22.1 Å². The van der Waals surface area contributed by atoms with E-state index < -0.39 is 0 Å². The quantitative estimate of drug-likeness (QED) is 0.501. The van der Waals surface area contributed by atoms with Crippen LogP contribution in [0.25, 0.3) is 32.8 Å². The molecule has 0 unspecified atom stereocenters. The minimum absolute atomic E-state index is 0.631. The molecular formula is C21H17NO. The van der Waals surface area contributed by atoms with E-state index in [1.807, 2.05) is 31.3 Å². The van der Waals surface area contributed by atoms with E-state index in [2.05, 4.69) is 53.5 Å². The Kier molecular flexibility index (Phi) is 3.43. The highest BCUT2D eigenvalue weighted by molar-refractivity contribution is 6.01. The minimum atomic E-state index is 0.631. The Morgan fingerprint density at radius 3 is 2.39 bits per heavy atom. The second kappa shape index (κ2) is 5.73. The lowest BCUT2D eigenvalue weighted by molar-refractivity contribution is 0.345. The highest BCUT2D eigenvalue weighted by atomic mass is 16.5. The molecule has 0 amide bonds. The van der Waals surface area contributed by atoms with E-state index in [9.17, 15) is 0 Å². The van der Waals surface area contributed by atoms with Crippen LogP contribution in [-0.4, -0.2) is 11.6 Å². The molecule has 1 aromatic heterocycles. The number of benzene rings is 3. The SMILES string of the molecule is CCOc1c(-c2cccc3ccccc23)cnc2ccccc12. The molecule has 0 aliphatic heterocycles. The van der Waals surface area contributed by atoms with Crippen LogP contribution in [0.4, 0.5) is 0 Å². The Morgan fingerprint density at radius 1 is 0.783 bits per heavy atom. The Morgan fingerprint density at radius 2 is 1.52 bits per heavy atom. The zero-order valence-corrected chi connectivity index (χ0v) is 13.0. The number of nitrogens with zero attached hydrogens (tertiary/aromatic N) is 1. The van der Waals surface area contributed by atoms with Gasteiger partial charge in [0.05, 0.1) is 12.1 Å². The van der Waals surface area contributed by atoms with Gasteiger partial charge in [0, 0.05) is 17.1 Å². The fourth-order valence-electron chi connectivity index (χ4n) is 3.07. The summed E-state index contributed by atoms with van der Waals surface area (Å²) in [6.45, 7) is 2.65. The third kappa shape index (κ3) is 2.33. The molecule has 0 saturated heterocycles.